The van der Waals surface area contributed by atoms with Gasteiger partial charge < -0.3 is 19.3 Å². The summed E-state index contributed by atoms with van der Waals surface area (Å²) < 4.78 is 16.8. The van der Waals surface area contributed by atoms with Crippen molar-refractivity contribution in [1.29, 1.82) is 0 Å². The SMILES string of the molecule is COC(OC)c1cc(OCc2ccccc2)ccc1C(O)c1ccccc1. The van der Waals surface area contributed by atoms with Crippen LogP contribution in [0, 0.1) is 0 Å². The lowest BCUT2D eigenvalue weighted by Crippen LogP contribution is -2.11. The van der Waals surface area contributed by atoms with Gasteiger partial charge in [-0.3, -0.25) is 0 Å². The maximum absolute atomic E-state index is 10.9. The van der Waals surface area contributed by atoms with Gasteiger partial charge in [0.25, 0.3) is 0 Å². The molecule has 3 aromatic rings. The highest BCUT2D eigenvalue weighted by Crippen LogP contribution is 2.33. The van der Waals surface area contributed by atoms with E-state index >= 15 is 0 Å². The Labute approximate surface area is 160 Å². The maximum Gasteiger partial charge on any atom is 0.183 e. The van der Waals surface area contributed by atoms with Crippen LogP contribution in [0.25, 0.3) is 0 Å². The molecule has 0 saturated heterocycles. The minimum atomic E-state index is -0.780. The lowest BCUT2D eigenvalue weighted by Gasteiger charge is -2.22. The Kier molecular flexibility index (Phi) is 6.60. The van der Waals surface area contributed by atoms with Crippen LogP contribution in [-0.2, 0) is 16.1 Å². The lowest BCUT2D eigenvalue weighted by molar-refractivity contribution is -0.107. The maximum atomic E-state index is 10.9. The predicted octanol–water partition coefficient (Wildman–Crippen LogP) is 4.64. The first-order valence-electron chi connectivity index (χ1n) is 8.82. The Morgan fingerprint density at radius 2 is 1.41 bits per heavy atom. The Morgan fingerprint density at radius 1 is 0.778 bits per heavy atom. The molecule has 1 atom stereocenters. The molecule has 0 heterocycles. The van der Waals surface area contributed by atoms with Crippen LogP contribution in [0.15, 0.2) is 78.9 Å². The number of benzene rings is 3. The van der Waals surface area contributed by atoms with E-state index in [1.165, 1.54) is 0 Å². The van der Waals surface area contributed by atoms with Crippen molar-refractivity contribution < 1.29 is 19.3 Å². The molecule has 0 aliphatic rings. The summed E-state index contributed by atoms with van der Waals surface area (Å²) in [6.45, 7) is 0.464. The second-order valence-corrected chi connectivity index (χ2v) is 6.18. The third-order valence-electron chi connectivity index (χ3n) is 4.40. The Morgan fingerprint density at radius 3 is 2.04 bits per heavy atom. The van der Waals surface area contributed by atoms with Gasteiger partial charge in [0.15, 0.2) is 6.29 Å². The summed E-state index contributed by atoms with van der Waals surface area (Å²) in [5.74, 6) is 0.692. The van der Waals surface area contributed by atoms with E-state index in [1.54, 1.807) is 14.2 Å². The number of aliphatic hydroxyl groups excluding tert-OH is 1. The van der Waals surface area contributed by atoms with Crippen molar-refractivity contribution in [2.45, 2.75) is 19.0 Å². The van der Waals surface area contributed by atoms with Crippen LogP contribution < -0.4 is 4.74 Å². The zero-order chi connectivity index (χ0) is 19.1. The zero-order valence-corrected chi connectivity index (χ0v) is 15.5. The molecule has 0 aliphatic carbocycles. The molecule has 4 nitrogen and oxygen atoms in total. The highest BCUT2D eigenvalue weighted by Gasteiger charge is 2.21. The highest BCUT2D eigenvalue weighted by molar-refractivity contribution is 5.41. The smallest absolute Gasteiger partial charge is 0.183 e. The van der Waals surface area contributed by atoms with Gasteiger partial charge in [-0.2, -0.15) is 0 Å². The molecule has 0 bridgehead atoms. The largest absolute Gasteiger partial charge is 0.489 e. The van der Waals surface area contributed by atoms with Crippen LogP contribution in [0.3, 0.4) is 0 Å². The lowest BCUT2D eigenvalue weighted by atomic mass is 9.96. The Bertz CT molecular complexity index is 830. The highest BCUT2D eigenvalue weighted by atomic mass is 16.7. The van der Waals surface area contributed by atoms with Crippen molar-refractivity contribution in [2.75, 3.05) is 14.2 Å². The van der Waals surface area contributed by atoms with E-state index in [2.05, 4.69) is 0 Å². The summed E-state index contributed by atoms with van der Waals surface area (Å²) in [4.78, 5) is 0. The summed E-state index contributed by atoms with van der Waals surface area (Å²) >= 11 is 0. The molecular formula is C23H24O4. The second kappa shape index (κ2) is 9.33. The minimum Gasteiger partial charge on any atom is -0.489 e. The van der Waals surface area contributed by atoms with Crippen molar-refractivity contribution in [3.8, 4) is 5.75 Å². The van der Waals surface area contributed by atoms with Crippen molar-refractivity contribution in [1.82, 2.24) is 0 Å². The monoisotopic (exact) mass is 364 g/mol. The van der Waals surface area contributed by atoms with Crippen LogP contribution in [-0.4, -0.2) is 19.3 Å². The normalized spacial score (nSPS) is 12.1. The molecule has 0 aliphatic heterocycles. The van der Waals surface area contributed by atoms with E-state index in [4.69, 9.17) is 14.2 Å². The summed E-state index contributed by atoms with van der Waals surface area (Å²) in [6.07, 6.45) is -1.38. The molecule has 0 spiro atoms. The molecule has 1 unspecified atom stereocenters. The molecule has 0 aromatic heterocycles. The van der Waals surface area contributed by atoms with Gasteiger partial charge in [-0.05, 0) is 28.8 Å². The van der Waals surface area contributed by atoms with Gasteiger partial charge in [-0.25, -0.2) is 0 Å². The summed E-state index contributed by atoms with van der Waals surface area (Å²) in [7, 11) is 3.15. The van der Waals surface area contributed by atoms with Gasteiger partial charge in [-0.15, -0.1) is 0 Å². The summed E-state index contributed by atoms with van der Waals surface area (Å²) in [5.41, 5.74) is 3.36. The first kappa shape index (κ1) is 19.1. The first-order chi connectivity index (χ1) is 13.2. The predicted molar refractivity (Wildman–Crippen MR) is 104 cm³/mol. The molecular weight excluding hydrogens is 340 g/mol. The standard InChI is InChI=1S/C23H24O4/c1-25-23(26-2)21-15-19(27-16-17-9-5-3-6-10-17)13-14-20(21)22(24)18-11-7-4-8-12-18/h3-15,22-24H,16H2,1-2H3. The van der Waals surface area contributed by atoms with Crippen LogP contribution >= 0.6 is 0 Å². The fraction of sp³-hybridized carbons (Fsp3) is 0.217. The van der Waals surface area contributed by atoms with Gasteiger partial charge in [0, 0.05) is 19.8 Å². The van der Waals surface area contributed by atoms with Crippen LogP contribution in [0.2, 0.25) is 0 Å². The number of rotatable bonds is 8. The quantitative estimate of drug-likeness (QED) is 0.592. The van der Waals surface area contributed by atoms with E-state index < -0.39 is 12.4 Å². The number of hydrogen-bond acceptors (Lipinski definition) is 4. The Balaban J connectivity index is 1.89. The van der Waals surface area contributed by atoms with E-state index in [0.29, 0.717) is 12.4 Å². The van der Waals surface area contributed by atoms with Crippen LogP contribution in [0.5, 0.6) is 5.75 Å². The molecule has 4 heteroatoms. The fourth-order valence-corrected chi connectivity index (χ4v) is 3.00. The number of methoxy groups -OCH3 is 2. The van der Waals surface area contributed by atoms with Gasteiger partial charge in [-0.1, -0.05) is 66.7 Å². The molecule has 0 fully saturated rings. The van der Waals surface area contributed by atoms with Gasteiger partial charge in [0.1, 0.15) is 18.5 Å². The van der Waals surface area contributed by atoms with E-state index in [1.807, 2.05) is 78.9 Å². The van der Waals surface area contributed by atoms with Crippen molar-refractivity contribution >= 4 is 0 Å². The fourth-order valence-electron chi connectivity index (χ4n) is 3.00. The third-order valence-corrected chi connectivity index (χ3v) is 4.40. The first-order valence-corrected chi connectivity index (χ1v) is 8.82. The third kappa shape index (κ3) is 4.74. The summed E-state index contributed by atoms with van der Waals surface area (Å²) in [5, 5.41) is 10.9. The average Bonchev–Trinajstić information content (AvgIpc) is 2.74. The van der Waals surface area contributed by atoms with Crippen molar-refractivity contribution in [3.05, 3.63) is 101 Å². The molecule has 27 heavy (non-hydrogen) atoms. The molecule has 1 N–H and O–H groups in total. The van der Waals surface area contributed by atoms with Gasteiger partial charge in [0.2, 0.25) is 0 Å². The van der Waals surface area contributed by atoms with Crippen molar-refractivity contribution in [2.24, 2.45) is 0 Å². The van der Waals surface area contributed by atoms with E-state index in [9.17, 15) is 5.11 Å². The van der Waals surface area contributed by atoms with Gasteiger partial charge >= 0.3 is 0 Å². The number of hydrogen-bond donors (Lipinski definition) is 1. The van der Waals surface area contributed by atoms with Gasteiger partial charge in [0.05, 0.1) is 0 Å². The molecule has 3 rings (SSSR count). The number of ether oxygens (including phenoxy) is 3. The summed E-state index contributed by atoms with van der Waals surface area (Å²) in [6, 6.07) is 25.1. The van der Waals surface area contributed by atoms with Crippen LogP contribution in [0.1, 0.15) is 34.6 Å². The average molecular weight is 364 g/mol. The minimum absolute atomic E-state index is 0.464. The van der Waals surface area contributed by atoms with E-state index in [0.717, 1.165) is 22.3 Å². The number of aliphatic hydroxyl groups is 1. The topological polar surface area (TPSA) is 47.9 Å². The molecule has 0 saturated carbocycles. The molecule has 0 radical (unpaired) electrons. The van der Waals surface area contributed by atoms with E-state index in [-0.39, 0.29) is 0 Å². The second-order valence-electron chi connectivity index (χ2n) is 6.18. The Hall–Kier alpha value is -2.66. The molecule has 140 valence electrons. The molecule has 0 amide bonds. The van der Waals surface area contributed by atoms with Crippen LogP contribution in [0.4, 0.5) is 0 Å². The molecule has 3 aromatic carbocycles. The van der Waals surface area contributed by atoms with Crippen molar-refractivity contribution in [3.63, 3.8) is 0 Å². The zero-order valence-electron chi connectivity index (χ0n) is 15.5.